The number of alkyl halides is 1. The summed E-state index contributed by atoms with van der Waals surface area (Å²) in [7, 11) is 0. The third-order valence-electron chi connectivity index (χ3n) is 2.17. The van der Waals surface area contributed by atoms with Gasteiger partial charge in [-0.25, -0.2) is 0 Å². The van der Waals surface area contributed by atoms with Gasteiger partial charge in [-0.1, -0.05) is 0 Å². The molecule has 70 valence electrons. The molecule has 1 aliphatic rings. The SMILES string of the molecule is CC(Cl)(C(=O)Cl)C1CCCCO1. The smallest absolute Gasteiger partial charge is 0.245 e. The van der Waals surface area contributed by atoms with Crippen LogP contribution in [0.25, 0.3) is 0 Å². The average Bonchev–Trinajstić information content (AvgIpc) is 2.06. The number of halogens is 2. The lowest BCUT2D eigenvalue weighted by atomic mass is 9.98. The summed E-state index contributed by atoms with van der Waals surface area (Å²) in [5, 5.41) is -0.531. The van der Waals surface area contributed by atoms with Gasteiger partial charge in [0.15, 0.2) is 0 Å². The highest BCUT2D eigenvalue weighted by Gasteiger charge is 2.39. The van der Waals surface area contributed by atoms with Crippen LogP contribution in [0.5, 0.6) is 0 Å². The first-order valence-corrected chi connectivity index (χ1v) is 4.81. The lowest BCUT2D eigenvalue weighted by Crippen LogP contribution is -2.42. The third-order valence-corrected chi connectivity index (χ3v) is 3.07. The van der Waals surface area contributed by atoms with Gasteiger partial charge in [0.1, 0.15) is 4.87 Å². The van der Waals surface area contributed by atoms with Crippen LogP contribution in [0.4, 0.5) is 0 Å². The van der Waals surface area contributed by atoms with Gasteiger partial charge in [0.05, 0.1) is 6.10 Å². The van der Waals surface area contributed by atoms with Crippen LogP contribution in [-0.2, 0) is 9.53 Å². The normalized spacial score (nSPS) is 29.4. The minimum absolute atomic E-state index is 0.224. The van der Waals surface area contributed by atoms with Crippen molar-refractivity contribution in [1.82, 2.24) is 0 Å². The lowest BCUT2D eigenvalue weighted by molar-refractivity contribution is -0.118. The molecule has 1 rings (SSSR count). The number of hydrogen-bond acceptors (Lipinski definition) is 2. The van der Waals surface area contributed by atoms with E-state index in [-0.39, 0.29) is 6.10 Å². The molecule has 1 fully saturated rings. The zero-order valence-corrected chi connectivity index (χ0v) is 8.49. The van der Waals surface area contributed by atoms with E-state index in [1.807, 2.05) is 0 Å². The molecule has 0 aliphatic carbocycles. The Labute approximate surface area is 82.2 Å². The minimum Gasteiger partial charge on any atom is -0.376 e. The predicted octanol–water partition coefficient (Wildman–Crippen LogP) is 2.32. The number of carbonyl (C=O) groups excluding carboxylic acids is 1. The van der Waals surface area contributed by atoms with Crippen molar-refractivity contribution in [2.24, 2.45) is 0 Å². The molecule has 2 nitrogen and oxygen atoms in total. The van der Waals surface area contributed by atoms with Gasteiger partial charge in [0.25, 0.3) is 0 Å². The maximum Gasteiger partial charge on any atom is 0.245 e. The maximum absolute atomic E-state index is 10.9. The Morgan fingerprint density at radius 2 is 2.25 bits per heavy atom. The summed E-state index contributed by atoms with van der Waals surface area (Å²) in [4.78, 5) is 9.86. The molecular formula is C8H12Cl2O2. The molecule has 0 bridgehead atoms. The molecule has 0 aromatic heterocycles. The fourth-order valence-electron chi connectivity index (χ4n) is 1.29. The van der Waals surface area contributed by atoms with Gasteiger partial charge in [-0.15, -0.1) is 11.6 Å². The quantitative estimate of drug-likeness (QED) is 0.517. The lowest BCUT2D eigenvalue weighted by Gasteiger charge is -2.31. The second-order valence-corrected chi connectivity index (χ2v) is 4.33. The van der Waals surface area contributed by atoms with Gasteiger partial charge in [0.2, 0.25) is 5.24 Å². The van der Waals surface area contributed by atoms with Crippen molar-refractivity contribution in [2.75, 3.05) is 6.61 Å². The molecule has 1 saturated heterocycles. The molecule has 0 aromatic carbocycles. The van der Waals surface area contributed by atoms with Crippen LogP contribution in [0.1, 0.15) is 26.2 Å². The first-order valence-electron chi connectivity index (χ1n) is 4.05. The van der Waals surface area contributed by atoms with Crippen molar-refractivity contribution >= 4 is 28.4 Å². The molecule has 0 radical (unpaired) electrons. The van der Waals surface area contributed by atoms with E-state index < -0.39 is 10.1 Å². The van der Waals surface area contributed by atoms with E-state index in [1.165, 1.54) is 0 Å². The zero-order chi connectivity index (χ0) is 9.19. The van der Waals surface area contributed by atoms with Gasteiger partial charge in [0, 0.05) is 6.61 Å². The van der Waals surface area contributed by atoms with Gasteiger partial charge in [-0.3, -0.25) is 4.79 Å². The van der Waals surface area contributed by atoms with E-state index in [4.69, 9.17) is 27.9 Å². The fourth-order valence-corrected chi connectivity index (χ4v) is 1.59. The molecule has 12 heavy (non-hydrogen) atoms. The second-order valence-electron chi connectivity index (χ2n) is 3.20. The van der Waals surface area contributed by atoms with Crippen LogP contribution >= 0.6 is 23.2 Å². The van der Waals surface area contributed by atoms with Crippen molar-refractivity contribution < 1.29 is 9.53 Å². The molecule has 2 unspecified atom stereocenters. The van der Waals surface area contributed by atoms with Crippen LogP contribution in [0.15, 0.2) is 0 Å². The summed E-state index contributed by atoms with van der Waals surface area (Å²) >= 11 is 11.3. The first-order chi connectivity index (χ1) is 5.55. The Morgan fingerprint density at radius 1 is 1.58 bits per heavy atom. The van der Waals surface area contributed by atoms with E-state index in [0.717, 1.165) is 19.3 Å². The molecule has 2 atom stereocenters. The minimum atomic E-state index is -1.05. The Bertz CT molecular complexity index is 174. The summed E-state index contributed by atoms with van der Waals surface area (Å²) in [6.07, 6.45) is 2.69. The molecule has 1 aliphatic heterocycles. The van der Waals surface area contributed by atoms with Gasteiger partial charge in [-0.05, 0) is 37.8 Å². The fraction of sp³-hybridized carbons (Fsp3) is 0.875. The Kier molecular flexibility index (Phi) is 3.38. The number of hydrogen-bond donors (Lipinski definition) is 0. The summed E-state index contributed by atoms with van der Waals surface area (Å²) in [5.74, 6) is 0. The van der Waals surface area contributed by atoms with Crippen molar-refractivity contribution in [3.63, 3.8) is 0 Å². The molecule has 1 heterocycles. The molecule has 0 spiro atoms. The van der Waals surface area contributed by atoms with Gasteiger partial charge >= 0.3 is 0 Å². The van der Waals surface area contributed by atoms with Crippen molar-refractivity contribution in [1.29, 1.82) is 0 Å². The molecular weight excluding hydrogens is 199 g/mol. The van der Waals surface area contributed by atoms with Crippen molar-refractivity contribution in [3.8, 4) is 0 Å². The number of rotatable bonds is 2. The van der Waals surface area contributed by atoms with Crippen LogP contribution < -0.4 is 0 Å². The van der Waals surface area contributed by atoms with Crippen LogP contribution in [0.2, 0.25) is 0 Å². The Hall–Kier alpha value is 0.210. The molecule has 0 amide bonds. The van der Waals surface area contributed by atoms with E-state index in [9.17, 15) is 4.79 Å². The summed E-state index contributed by atoms with van der Waals surface area (Å²) in [6, 6.07) is 0. The second kappa shape index (κ2) is 3.95. The van der Waals surface area contributed by atoms with E-state index in [0.29, 0.717) is 6.61 Å². The zero-order valence-electron chi connectivity index (χ0n) is 6.98. The number of carbonyl (C=O) groups is 1. The van der Waals surface area contributed by atoms with Crippen molar-refractivity contribution in [3.05, 3.63) is 0 Å². The van der Waals surface area contributed by atoms with Gasteiger partial charge in [-0.2, -0.15) is 0 Å². The van der Waals surface area contributed by atoms with Crippen LogP contribution in [0.3, 0.4) is 0 Å². The first kappa shape index (κ1) is 10.3. The molecule has 4 heteroatoms. The maximum atomic E-state index is 10.9. The molecule has 0 saturated carbocycles. The van der Waals surface area contributed by atoms with E-state index in [2.05, 4.69) is 0 Å². The molecule has 0 N–H and O–H groups in total. The topological polar surface area (TPSA) is 26.3 Å². The van der Waals surface area contributed by atoms with Crippen molar-refractivity contribution in [2.45, 2.75) is 37.2 Å². The van der Waals surface area contributed by atoms with Crippen LogP contribution in [0, 0.1) is 0 Å². The Morgan fingerprint density at radius 3 is 2.67 bits per heavy atom. The predicted molar refractivity (Wildman–Crippen MR) is 48.7 cm³/mol. The van der Waals surface area contributed by atoms with E-state index in [1.54, 1.807) is 6.92 Å². The summed E-state index contributed by atoms with van der Waals surface area (Å²) in [5.41, 5.74) is 0. The average molecular weight is 211 g/mol. The monoisotopic (exact) mass is 210 g/mol. The van der Waals surface area contributed by atoms with E-state index >= 15 is 0 Å². The number of ether oxygens (including phenoxy) is 1. The largest absolute Gasteiger partial charge is 0.376 e. The van der Waals surface area contributed by atoms with Gasteiger partial charge < -0.3 is 4.74 Å². The molecule has 0 aromatic rings. The van der Waals surface area contributed by atoms with Crippen LogP contribution in [-0.4, -0.2) is 22.8 Å². The standard InChI is InChI=1S/C8H12Cl2O2/c1-8(10,7(9)11)6-4-2-3-5-12-6/h6H,2-5H2,1H3. The highest BCUT2D eigenvalue weighted by Crippen LogP contribution is 2.30. The highest BCUT2D eigenvalue weighted by molar-refractivity contribution is 6.70. The summed E-state index contributed by atoms with van der Waals surface area (Å²) in [6.45, 7) is 2.29. The summed E-state index contributed by atoms with van der Waals surface area (Å²) < 4.78 is 5.37. The third kappa shape index (κ3) is 2.12. The Balaban J connectivity index is 2.59. The highest BCUT2D eigenvalue weighted by atomic mass is 35.5.